The van der Waals surface area contributed by atoms with Gasteiger partial charge in [-0.3, -0.25) is 9.59 Å². The van der Waals surface area contributed by atoms with Gasteiger partial charge in [-0.2, -0.15) is 0 Å². The molecule has 0 bridgehead atoms. The minimum Gasteiger partial charge on any atom is -0.481 e. The first-order valence-electron chi connectivity index (χ1n) is 10.7. The van der Waals surface area contributed by atoms with Crippen LogP contribution in [0.5, 0.6) is 5.75 Å². The largest absolute Gasteiger partial charge is 0.481 e. The monoisotopic (exact) mass is 468 g/mol. The summed E-state index contributed by atoms with van der Waals surface area (Å²) >= 11 is 6.35. The van der Waals surface area contributed by atoms with E-state index < -0.39 is 24.4 Å². The van der Waals surface area contributed by atoms with Crippen molar-refractivity contribution in [2.45, 2.75) is 25.9 Å². The van der Waals surface area contributed by atoms with Gasteiger partial charge in [0, 0.05) is 24.5 Å². The standard InChI is InChI=1S/C26H26ClFN2O3/c1-2-29-26(32)23(16-19-10-4-3-5-11-19)30(17-20-12-6-7-13-21(20)27)25(31)18-33-24-15-9-8-14-22(24)28/h3-15,23H,2,16-18H2,1H3,(H,29,32)/t23-/m0/s1. The highest BCUT2D eigenvalue weighted by Gasteiger charge is 2.31. The minimum atomic E-state index is -0.805. The van der Waals surface area contributed by atoms with Gasteiger partial charge >= 0.3 is 0 Å². The second-order valence-corrected chi connectivity index (χ2v) is 7.84. The highest BCUT2D eigenvalue weighted by Crippen LogP contribution is 2.21. The fraction of sp³-hybridized carbons (Fsp3) is 0.231. The molecule has 2 amide bonds. The SMILES string of the molecule is CCNC(=O)[C@H](Cc1ccccc1)N(Cc1ccccc1Cl)C(=O)COc1ccccc1F. The maximum atomic E-state index is 14.0. The Bertz CT molecular complexity index is 1080. The van der Waals surface area contributed by atoms with E-state index in [4.69, 9.17) is 16.3 Å². The molecular weight excluding hydrogens is 443 g/mol. The molecule has 0 aliphatic carbocycles. The molecule has 0 saturated carbocycles. The van der Waals surface area contributed by atoms with Gasteiger partial charge < -0.3 is 15.0 Å². The van der Waals surface area contributed by atoms with Crippen LogP contribution in [0.2, 0.25) is 5.02 Å². The molecule has 0 aromatic heterocycles. The van der Waals surface area contributed by atoms with Gasteiger partial charge in [0.15, 0.2) is 18.2 Å². The molecule has 0 unspecified atom stereocenters. The van der Waals surface area contributed by atoms with Crippen molar-refractivity contribution in [2.24, 2.45) is 0 Å². The second kappa shape index (κ2) is 12.0. The number of nitrogens with zero attached hydrogens (tertiary/aromatic N) is 1. The molecule has 0 radical (unpaired) electrons. The Balaban J connectivity index is 1.91. The highest BCUT2D eigenvalue weighted by atomic mass is 35.5. The lowest BCUT2D eigenvalue weighted by Gasteiger charge is -2.31. The smallest absolute Gasteiger partial charge is 0.261 e. The van der Waals surface area contributed by atoms with Crippen LogP contribution in [0.1, 0.15) is 18.1 Å². The fourth-order valence-corrected chi connectivity index (χ4v) is 3.64. The second-order valence-electron chi connectivity index (χ2n) is 7.43. The van der Waals surface area contributed by atoms with Crippen LogP contribution in [-0.2, 0) is 22.6 Å². The lowest BCUT2D eigenvalue weighted by molar-refractivity contribution is -0.142. The molecular formula is C26H26ClFN2O3. The predicted octanol–water partition coefficient (Wildman–Crippen LogP) is 4.63. The van der Waals surface area contributed by atoms with E-state index in [1.54, 1.807) is 30.3 Å². The van der Waals surface area contributed by atoms with Gasteiger partial charge in [-0.25, -0.2) is 4.39 Å². The molecule has 0 saturated heterocycles. The van der Waals surface area contributed by atoms with Gasteiger partial charge in [0.25, 0.3) is 5.91 Å². The topological polar surface area (TPSA) is 58.6 Å². The van der Waals surface area contributed by atoms with Crippen LogP contribution in [-0.4, -0.2) is 35.9 Å². The zero-order valence-corrected chi connectivity index (χ0v) is 19.1. The van der Waals surface area contributed by atoms with Crippen LogP contribution in [0.25, 0.3) is 0 Å². The van der Waals surface area contributed by atoms with Crippen LogP contribution in [0, 0.1) is 5.82 Å². The summed E-state index contributed by atoms with van der Waals surface area (Å²) < 4.78 is 19.4. The van der Waals surface area contributed by atoms with Gasteiger partial charge in [0.1, 0.15) is 6.04 Å². The molecule has 3 aromatic carbocycles. The third kappa shape index (κ3) is 6.80. The van der Waals surface area contributed by atoms with E-state index in [1.807, 2.05) is 43.3 Å². The van der Waals surface area contributed by atoms with Gasteiger partial charge in [-0.05, 0) is 36.2 Å². The maximum Gasteiger partial charge on any atom is 0.261 e. The molecule has 0 aliphatic rings. The van der Waals surface area contributed by atoms with Crippen molar-refractivity contribution in [3.8, 4) is 5.75 Å². The van der Waals surface area contributed by atoms with E-state index in [0.29, 0.717) is 23.6 Å². The summed E-state index contributed by atoms with van der Waals surface area (Å²) in [4.78, 5) is 27.8. The number of hydrogen-bond donors (Lipinski definition) is 1. The molecule has 5 nitrogen and oxygen atoms in total. The highest BCUT2D eigenvalue weighted by molar-refractivity contribution is 6.31. The minimum absolute atomic E-state index is 0.0267. The summed E-state index contributed by atoms with van der Waals surface area (Å²) in [6.45, 7) is 1.92. The number of nitrogens with one attached hydrogen (secondary N) is 1. The number of ether oxygens (including phenoxy) is 1. The van der Waals surface area contributed by atoms with Gasteiger partial charge in [0.05, 0.1) is 0 Å². The third-order valence-corrected chi connectivity index (χ3v) is 5.48. The molecule has 3 aromatic rings. The molecule has 0 heterocycles. The van der Waals surface area contributed by atoms with E-state index >= 15 is 0 Å². The van der Waals surface area contributed by atoms with Crippen molar-refractivity contribution in [1.82, 2.24) is 10.2 Å². The number of amides is 2. The quantitative estimate of drug-likeness (QED) is 0.472. The molecule has 3 rings (SSSR count). The number of rotatable bonds is 10. The molecule has 1 atom stereocenters. The normalized spacial score (nSPS) is 11.5. The predicted molar refractivity (Wildman–Crippen MR) is 127 cm³/mol. The molecule has 1 N–H and O–H groups in total. The Morgan fingerprint density at radius 1 is 1.00 bits per heavy atom. The zero-order valence-electron chi connectivity index (χ0n) is 18.3. The van der Waals surface area contributed by atoms with Gasteiger partial charge in [0.2, 0.25) is 5.91 Å². The van der Waals surface area contributed by atoms with Crippen LogP contribution in [0.3, 0.4) is 0 Å². The van der Waals surface area contributed by atoms with E-state index in [-0.39, 0.29) is 18.2 Å². The van der Waals surface area contributed by atoms with E-state index in [1.165, 1.54) is 17.0 Å². The van der Waals surface area contributed by atoms with Crippen molar-refractivity contribution in [1.29, 1.82) is 0 Å². The molecule has 33 heavy (non-hydrogen) atoms. The van der Waals surface area contributed by atoms with Crippen molar-refractivity contribution in [3.05, 3.63) is 101 Å². The number of likely N-dealkylation sites (N-methyl/N-ethyl adjacent to an activating group) is 1. The molecule has 7 heteroatoms. The zero-order chi connectivity index (χ0) is 23.6. The summed E-state index contributed by atoms with van der Waals surface area (Å²) in [6, 6.07) is 21.7. The molecule has 0 fully saturated rings. The average Bonchev–Trinajstić information content (AvgIpc) is 2.82. The van der Waals surface area contributed by atoms with Crippen LogP contribution < -0.4 is 10.1 Å². The number of carbonyl (C=O) groups is 2. The fourth-order valence-electron chi connectivity index (χ4n) is 3.44. The Morgan fingerprint density at radius 2 is 1.67 bits per heavy atom. The summed E-state index contributed by atoms with van der Waals surface area (Å²) in [5.41, 5.74) is 1.60. The first kappa shape index (κ1) is 24.3. The van der Waals surface area contributed by atoms with E-state index in [0.717, 1.165) is 5.56 Å². The maximum absolute atomic E-state index is 14.0. The van der Waals surface area contributed by atoms with Crippen molar-refractivity contribution in [2.75, 3.05) is 13.2 Å². The molecule has 0 aliphatic heterocycles. The van der Waals surface area contributed by atoms with Crippen molar-refractivity contribution >= 4 is 23.4 Å². The lowest BCUT2D eigenvalue weighted by atomic mass is 10.0. The first-order chi connectivity index (χ1) is 16.0. The van der Waals surface area contributed by atoms with E-state index in [2.05, 4.69) is 5.32 Å². The summed E-state index contributed by atoms with van der Waals surface area (Å²) in [7, 11) is 0. The Hall–Kier alpha value is -3.38. The van der Waals surface area contributed by atoms with Crippen LogP contribution in [0.4, 0.5) is 4.39 Å². The van der Waals surface area contributed by atoms with Crippen LogP contribution >= 0.6 is 11.6 Å². The van der Waals surface area contributed by atoms with Gasteiger partial charge in [-0.1, -0.05) is 72.3 Å². The number of benzene rings is 3. The molecule has 172 valence electrons. The first-order valence-corrected chi connectivity index (χ1v) is 11.1. The van der Waals surface area contributed by atoms with Crippen LogP contribution in [0.15, 0.2) is 78.9 Å². The summed E-state index contributed by atoms with van der Waals surface area (Å²) in [6.07, 6.45) is 0.308. The van der Waals surface area contributed by atoms with Crippen molar-refractivity contribution < 1.29 is 18.7 Å². The lowest BCUT2D eigenvalue weighted by Crippen LogP contribution is -2.51. The summed E-state index contributed by atoms with van der Waals surface area (Å²) in [5.74, 6) is -1.33. The Morgan fingerprint density at radius 3 is 2.36 bits per heavy atom. The Labute approximate surface area is 198 Å². The molecule has 0 spiro atoms. The van der Waals surface area contributed by atoms with Gasteiger partial charge in [-0.15, -0.1) is 0 Å². The third-order valence-electron chi connectivity index (χ3n) is 5.11. The number of hydrogen-bond acceptors (Lipinski definition) is 3. The van der Waals surface area contributed by atoms with Crippen molar-refractivity contribution in [3.63, 3.8) is 0 Å². The number of carbonyl (C=O) groups excluding carboxylic acids is 2. The Kier molecular flexibility index (Phi) is 8.84. The van der Waals surface area contributed by atoms with E-state index in [9.17, 15) is 14.0 Å². The average molecular weight is 469 g/mol. The summed E-state index contributed by atoms with van der Waals surface area (Å²) in [5, 5.41) is 3.30. The number of para-hydroxylation sites is 1. The number of halogens is 2.